The van der Waals surface area contributed by atoms with Crippen molar-refractivity contribution in [3.63, 3.8) is 0 Å². The number of Topliss-reactive ketones (excluding diaryl/α,β-unsaturated/α-hetero) is 1. The summed E-state index contributed by atoms with van der Waals surface area (Å²) >= 11 is 0. The van der Waals surface area contributed by atoms with E-state index in [4.69, 9.17) is 9.47 Å². The van der Waals surface area contributed by atoms with Gasteiger partial charge in [-0.25, -0.2) is 9.18 Å². The Morgan fingerprint density at radius 3 is 2.34 bits per heavy atom. The molecule has 0 aliphatic rings. The molecule has 0 aliphatic carbocycles. The highest BCUT2D eigenvalue weighted by Gasteiger charge is 2.24. The number of hydrogen-bond acceptors (Lipinski definition) is 5. The van der Waals surface area contributed by atoms with Crippen LogP contribution in [-0.2, 0) is 4.74 Å². The number of rotatable bonds is 5. The SMILES string of the molecule is CCOC(=O)c1cn(-c2ccc(C(C)=O)cc2)c2c(OC)c(F)c(F)cc2c1=O. The molecule has 1 aromatic heterocycles. The molecule has 2 aromatic carbocycles. The topological polar surface area (TPSA) is 74.6 Å². The van der Waals surface area contributed by atoms with Crippen molar-refractivity contribution in [3.8, 4) is 11.4 Å². The molecule has 150 valence electrons. The van der Waals surface area contributed by atoms with Gasteiger partial charge in [-0.1, -0.05) is 0 Å². The molecule has 0 atom stereocenters. The summed E-state index contributed by atoms with van der Waals surface area (Å²) in [5, 5.41) is -0.248. The first-order valence-electron chi connectivity index (χ1n) is 8.70. The first-order valence-corrected chi connectivity index (χ1v) is 8.70. The molecule has 3 rings (SSSR count). The Balaban J connectivity index is 2.44. The van der Waals surface area contributed by atoms with E-state index in [9.17, 15) is 23.2 Å². The maximum atomic E-state index is 14.4. The summed E-state index contributed by atoms with van der Waals surface area (Å²) in [5.74, 6) is -4.08. The number of nitrogens with zero attached hydrogens (tertiary/aromatic N) is 1. The minimum Gasteiger partial charge on any atom is -0.491 e. The van der Waals surface area contributed by atoms with Crippen molar-refractivity contribution >= 4 is 22.7 Å². The number of ketones is 1. The first-order chi connectivity index (χ1) is 13.8. The zero-order valence-electron chi connectivity index (χ0n) is 15.9. The smallest absolute Gasteiger partial charge is 0.343 e. The lowest BCUT2D eigenvalue weighted by Crippen LogP contribution is -2.21. The van der Waals surface area contributed by atoms with Crippen LogP contribution in [0.3, 0.4) is 0 Å². The largest absolute Gasteiger partial charge is 0.491 e. The standard InChI is InChI=1S/C21H17F2NO5/c1-4-29-21(27)15-10-24(13-7-5-12(6-8-13)11(2)25)18-14(19(15)26)9-16(22)17(23)20(18)28-3/h5-10H,4H2,1-3H3. The molecule has 1 heterocycles. The fraction of sp³-hybridized carbons (Fsp3) is 0.190. The summed E-state index contributed by atoms with van der Waals surface area (Å²) in [7, 11) is 1.14. The number of ether oxygens (including phenoxy) is 2. The molecule has 0 unspecified atom stereocenters. The van der Waals surface area contributed by atoms with E-state index in [2.05, 4.69) is 0 Å². The van der Waals surface area contributed by atoms with Crippen molar-refractivity contribution in [2.75, 3.05) is 13.7 Å². The zero-order chi connectivity index (χ0) is 21.3. The van der Waals surface area contributed by atoms with Gasteiger partial charge in [-0.05, 0) is 44.2 Å². The molecule has 0 radical (unpaired) electrons. The van der Waals surface area contributed by atoms with Crippen molar-refractivity contribution in [1.29, 1.82) is 0 Å². The summed E-state index contributed by atoms with van der Waals surface area (Å²) in [6.07, 6.45) is 1.19. The number of pyridine rings is 1. The van der Waals surface area contributed by atoms with E-state index >= 15 is 0 Å². The van der Waals surface area contributed by atoms with E-state index in [-0.39, 0.29) is 28.9 Å². The van der Waals surface area contributed by atoms with Crippen LogP contribution in [-0.4, -0.2) is 30.0 Å². The average Bonchev–Trinajstić information content (AvgIpc) is 2.70. The van der Waals surface area contributed by atoms with Crippen molar-refractivity contribution < 1.29 is 27.8 Å². The second kappa shape index (κ2) is 7.83. The number of methoxy groups -OCH3 is 1. The molecule has 0 fully saturated rings. The summed E-state index contributed by atoms with van der Waals surface area (Å²) in [6.45, 7) is 3.02. The Morgan fingerprint density at radius 1 is 1.14 bits per heavy atom. The number of carbonyl (C=O) groups is 2. The number of hydrogen-bond donors (Lipinski definition) is 0. The quantitative estimate of drug-likeness (QED) is 0.482. The zero-order valence-corrected chi connectivity index (χ0v) is 15.9. The molecule has 0 bridgehead atoms. The summed E-state index contributed by atoms with van der Waals surface area (Å²) in [5.41, 5.74) is -0.376. The molecule has 0 saturated carbocycles. The van der Waals surface area contributed by atoms with Gasteiger partial charge < -0.3 is 14.0 Å². The molecule has 8 heteroatoms. The Kier molecular flexibility index (Phi) is 5.45. The van der Waals surface area contributed by atoms with E-state index in [1.54, 1.807) is 19.1 Å². The monoisotopic (exact) mass is 401 g/mol. The van der Waals surface area contributed by atoms with Gasteiger partial charge in [0.25, 0.3) is 0 Å². The maximum absolute atomic E-state index is 14.4. The molecule has 0 N–H and O–H groups in total. The number of esters is 1. The van der Waals surface area contributed by atoms with Gasteiger partial charge in [-0.2, -0.15) is 4.39 Å². The van der Waals surface area contributed by atoms with Crippen molar-refractivity contribution in [2.24, 2.45) is 0 Å². The van der Waals surface area contributed by atoms with Crippen LogP contribution in [0.5, 0.6) is 5.75 Å². The Labute approximate surface area is 164 Å². The molecule has 29 heavy (non-hydrogen) atoms. The molecule has 0 amide bonds. The van der Waals surface area contributed by atoms with Crippen molar-refractivity contribution in [1.82, 2.24) is 4.57 Å². The van der Waals surface area contributed by atoms with E-state index in [1.807, 2.05) is 0 Å². The normalized spacial score (nSPS) is 10.8. The molecule has 6 nitrogen and oxygen atoms in total. The molecular formula is C21H17F2NO5. The fourth-order valence-electron chi connectivity index (χ4n) is 3.00. The predicted octanol–water partition coefficient (Wildman–Crippen LogP) is 3.66. The third kappa shape index (κ3) is 3.49. The lowest BCUT2D eigenvalue weighted by Gasteiger charge is -2.17. The van der Waals surface area contributed by atoms with E-state index in [0.717, 1.165) is 13.2 Å². The van der Waals surface area contributed by atoms with E-state index in [1.165, 1.54) is 29.8 Å². The molecule has 0 saturated heterocycles. The van der Waals surface area contributed by atoms with E-state index < -0.39 is 28.8 Å². The molecule has 3 aromatic rings. The van der Waals surface area contributed by atoms with Crippen LogP contribution in [0, 0.1) is 11.6 Å². The minimum atomic E-state index is -1.29. The molecule has 0 aliphatic heterocycles. The summed E-state index contributed by atoms with van der Waals surface area (Å²) < 4.78 is 39.7. The second-order valence-electron chi connectivity index (χ2n) is 6.17. The number of carbonyl (C=O) groups excluding carboxylic acids is 2. The van der Waals surface area contributed by atoms with Crippen LogP contribution in [0.2, 0.25) is 0 Å². The number of halogens is 2. The first kappa shape index (κ1) is 20.2. The lowest BCUT2D eigenvalue weighted by atomic mass is 10.1. The molecule has 0 spiro atoms. The van der Waals surface area contributed by atoms with Crippen LogP contribution in [0.1, 0.15) is 34.6 Å². The van der Waals surface area contributed by atoms with Crippen LogP contribution < -0.4 is 10.2 Å². The van der Waals surface area contributed by atoms with E-state index in [0.29, 0.717) is 11.3 Å². The van der Waals surface area contributed by atoms with Gasteiger partial charge in [-0.3, -0.25) is 9.59 Å². The highest BCUT2D eigenvalue weighted by Crippen LogP contribution is 2.31. The fourth-order valence-corrected chi connectivity index (χ4v) is 3.00. The van der Waals surface area contributed by atoms with Gasteiger partial charge in [0, 0.05) is 17.4 Å². The van der Waals surface area contributed by atoms with Crippen LogP contribution in [0.15, 0.2) is 41.3 Å². The average molecular weight is 401 g/mol. The van der Waals surface area contributed by atoms with Gasteiger partial charge in [0.05, 0.1) is 19.1 Å². The summed E-state index contributed by atoms with van der Waals surface area (Å²) in [6, 6.07) is 6.90. The van der Waals surface area contributed by atoms with Gasteiger partial charge in [-0.15, -0.1) is 0 Å². The molecular weight excluding hydrogens is 384 g/mol. The number of fused-ring (bicyclic) bond motifs is 1. The third-order valence-electron chi connectivity index (χ3n) is 4.39. The van der Waals surface area contributed by atoms with Gasteiger partial charge in [0.15, 0.2) is 17.3 Å². The van der Waals surface area contributed by atoms with Crippen molar-refractivity contribution in [2.45, 2.75) is 13.8 Å². The Hall–Kier alpha value is -3.55. The van der Waals surface area contributed by atoms with Crippen LogP contribution in [0.4, 0.5) is 8.78 Å². The maximum Gasteiger partial charge on any atom is 0.343 e. The number of aromatic nitrogens is 1. The number of benzene rings is 2. The predicted molar refractivity (Wildman–Crippen MR) is 102 cm³/mol. The minimum absolute atomic E-state index is 0.0325. The summed E-state index contributed by atoms with van der Waals surface area (Å²) in [4.78, 5) is 36.6. The van der Waals surface area contributed by atoms with Gasteiger partial charge in [0.2, 0.25) is 11.2 Å². The third-order valence-corrected chi connectivity index (χ3v) is 4.39. The van der Waals surface area contributed by atoms with Crippen LogP contribution in [0.25, 0.3) is 16.6 Å². The van der Waals surface area contributed by atoms with Gasteiger partial charge in [0.1, 0.15) is 11.1 Å². The highest BCUT2D eigenvalue weighted by atomic mass is 19.2. The van der Waals surface area contributed by atoms with Crippen LogP contribution >= 0.6 is 0 Å². The van der Waals surface area contributed by atoms with Gasteiger partial charge >= 0.3 is 5.97 Å². The lowest BCUT2D eigenvalue weighted by molar-refractivity contribution is 0.0524. The highest BCUT2D eigenvalue weighted by molar-refractivity contribution is 5.96. The van der Waals surface area contributed by atoms with Crippen molar-refractivity contribution in [3.05, 3.63) is 69.5 Å². The Morgan fingerprint density at radius 2 is 1.79 bits per heavy atom. The Bertz CT molecular complexity index is 1180. The second-order valence-corrected chi connectivity index (χ2v) is 6.17.